The minimum Gasteiger partial charge on any atom is -0.508 e. The first-order valence-corrected chi connectivity index (χ1v) is 5.98. The number of para-hydroxylation sites is 1. The summed E-state index contributed by atoms with van der Waals surface area (Å²) in [6.07, 6.45) is 6.33. The van der Waals surface area contributed by atoms with E-state index in [0.717, 1.165) is 31.2 Å². The first-order valence-electron chi connectivity index (χ1n) is 5.98. The van der Waals surface area contributed by atoms with Crippen LogP contribution in [0.25, 0.3) is 0 Å². The number of aromatic hydroxyl groups is 1. The summed E-state index contributed by atoms with van der Waals surface area (Å²) in [4.78, 5) is 0. The van der Waals surface area contributed by atoms with Crippen LogP contribution in [0, 0.1) is 11.3 Å². The monoisotopic (exact) mass is 215 g/mol. The van der Waals surface area contributed by atoms with Crippen LogP contribution >= 0.6 is 0 Å². The van der Waals surface area contributed by atoms with Gasteiger partial charge in [0.15, 0.2) is 0 Å². The largest absolute Gasteiger partial charge is 0.508 e. The Balaban J connectivity index is 2.41. The molecular formula is C14H17NO. The molecule has 16 heavy (non-hydrogen) atoms. The molecule has 0 radical (unpaired) electrons. The summed E-state index contributed by atoms with van der Waals surface area (Å²) in [5.41, 5.74) is 0.362. The van der Waals surface area contributed by atoms with E-state index in [0.29, 0.717) is 0 Å². The summed E-state index contributed by atoms with van der Waals surface area (Å²) < 4.78 is 0. The van der Waals surface area contributed by atoms with E-state index >= 15 is 0 Å². The van der Waals surface area contributed by atoms with Crippen LogP contribution in [-0.2, 0) is 5.41 Å². The lowest BCUT2D eigenvalue weighted by molar-refractivity contribution is 0.420. The molecule has 1 aromatic rings. The van der Waals surface area contributed by atoms with E-state index in [1.807, 2.05) is 12.1 Å². The van der Waals surface area contributed by atoms with Gasteiger partial charge < -0.3 is 5.11 Å². The Morgan fingerprint density at radius 3 is 2.25 bits per heavy atom. The number of phenols is 1. The van der Waals surface area contributed by atoms with Crippen molar-refractivity contribution in [1.29, 1.82) is 5.26 Å². The van der Waals surface area contributed by atoms with Crippen molar-refractivity contribution in [2.45, 2.75) is 43.9 Å². The maximum Gasteiger partial charge on any atom is 0.120 e. The van der Waals surface area contributed by atoms with Crippen molar-refractivity contribution in [2.24, 2.45) is 0 Å². The normalized spacial score (nSPS) is 19.7. The number of hydrogen-bond acceptors (Lipinski definition) is 2. The quantitative estimate of drug-likeness (QED) is 0.728. The molecule has 0 atom stereocenters. The standard InChI is InChI=1S/C14H17NO/c15-11-14(9-5-1-2-6-10-14)12-7-3-4-8-13(12)16/h3-4,7-8,16H,1-2,5-6,9-10H2. The van der Waals surface area contributed by atoms with Gasteiger partial charge >= 0.3 is 0 Å². The van der Waals surface area contributed by atoms with E-state index in [1.54, 1.807) is 12.1 Å². The molecule has 0 unspecified atom stereocenters. The second kappa shape index (κ2) is 4.57. The molecule has 0 aliphatic heterocycles. The molecule has 0 saturated heterocycles. The van der Waals surface area contributed by atoms with Gasteiger partial charge in [-0.1, -0.05) is 43.9 Å². The molecule has 1 N–H and O–H groups in total. The Morgan fingerprint density at radius 2 is 1.69 bits per heavy atom. The zero-order valence-electron chi connectivity index (χ0n) is 9.45. The molecule has 2 rings (SSSR count). The molecule has 1 fully saturated rings. The average molecular weight is 215 g/mol. The number of rotatable bonds is 1. The first kappa shape index (κ1) is 11.0. The molecule has 1 aliphatic carbocycles. The van der Waals surface area contributed by atoms with E-state index in [-0.39, 0.29) is 5.75 Å². The van der Waals surface area contributed by atoms with E-state index in [2.05, 4.69) is 6.07 Å². The molecule has 0 heterocycles. The molecule has 0 amide bonds. The summed E-state index contributed by atoms with van der Waals surface area (Å²) in [7, 11) is 0. The first-order chi connectivity index (χ1) is 7.78. The third-order valence-electron chi connectivity index (χ3n) is 3.59. The van der Waals surface area contributed by atoms with Crippen molar-refractivity contribution in [2.75, 3.05) is 0 Å². The summed E-state index contributed by atoms with van der Waals surface area (Å²) in [6, 6.07) is 9.74. The van der Waals surface area contributed by atoms with Crippen LogP contribution < -0.4 is 0 Å². The number of nitriles is 1. The Kier molecular flexibility index (Phi) is 3.14. The smallest absolute Gasteiger partial charge is 0.120 e. The molecule has 2 heteroatoms. The summed E-state index contributed by atoms with van der Waals surface area (Å²) in [6.45, 7) is 0. The van der Waals surface area contributed by atoms with Crippen molar-refractivity contribution in [3.05, 3.63) is 29.8 Å². The second-order valence-electron chi connectivity index (χ2n) is 4.63. The Labute approximate surface area is 96.5 Å². The molecule has 1 aliphatic rings. The minimum absolute atomic E-state index is 0.269. The maximum absolute atomic E-state index is 9.90. The highest BCUT2D eigenvalue weighted by atomic mass is 16.3. The van der Waals surface area contributed by atoms with Gasteiger partial charge in [0.05, 0.1) is 11.5 Å². The SMILES string of the molecule is N#CC1(c2ccccc2O)CCCCCC1. The van der Waals surface area contributed by atoms with Crippen molar-refractivity contribution in [3.8, 4) is 11.8 Å². The lowest BCUT2D eigenvalue weighted by Crippen LogP contribution is -2.23. The molecular weight excluding hydrogens is 198 g/mol. The third-order valence-corrected chi connectivity index (χ3v) is 3.59. The molecule has 0 spiro atoms. The van der Waals surface area contributed by atoms with Gasteiger partial charge in [-0.05, 0) is 18.9 Å². The van der Waals surface area contributed by atoms with Crippen molar-refractivity contribution in [1.82, 2.24) is 0 Å². The number of hydrogen-bond donors (Lipinski definition) is 1. The van der Waals surface area contributed by atoms with E-state index in [1.165, 1.54) is 12.8 Å². The highest BCUT2D eigenvalue weighted by molar-refractivity contribution is 5.42. The lowest BCUT2D eigenvalue weighted by atomic mass is 9.75. The zero-order valence-corrected chi connectivity index (χ0v) is 9.45. The highest BCUT2D eigenvalue weighted by Gasteiger charge is 2.34. The van der Waals surface area contributed by atoms with Crippen molar-refractivity contribution in [3.63, 3.8) is 0 Å². The summed E-state index contributed by atoms with van der Waals surface area (Å²) in [5, 5.41) is 19.4. The summed E-state index contributed by atoms with van der Waals surface area (Å²) in [5.74, 6) is 0.269. The molecule has 0 aromatic heterocycles. The Bertz CT molecular complexity index is 397. The lowest BCUT2D eigenvalue weighted by Gasteiger charge is -2.26. The number of nitrogens with zero attached hydrogens (tertiary/aromatic N) is 1. The van der Waals surface area contributed by atoms with Gasteiger partial charge in [-0.15, -0.1) is 0 Å². The fourth-order valence-electron chi connectivity index (χ4n) is 2.65. The van der Waals surface area contributed by atoms with Gasteiger partial charge in [0.1, 0.15) is 5.75 Å². The molecule has 1 saturated carbocycles. The van der Waals surface area contributed by atoms with Gasteiger partial charge in [0.2, 0.25) is 0 Å². The molecule has 0 bridgehead atoms. The molecule has 84 valence electrons. The summed E-state index contributed by atoms with van der Waals surface area (Å²) >= 11 is 0. The van der Waals surface area contributed by atoms with Crippen LogP contribution in [0.3, 0.4) is 0 Å². The Morgan fingerprint density at radius 1 is 1.06 bits per heavy atom. The van der Waals surface area contributed by atoms with Gasteiger partial charge in [0, 0.05) is 5.56 Å². The maximum atomic E-state index is 9.90. The van der Waals surface area contributed by atoms with Crippen molar-refractivity contribution >= 4 is 0 Å². The van der Waals surface area contributed by atoms with Crippen LogP contribution in [0.5, 0.6) is 5.75 Å². The van der Waals surface area contributed by atoms with E-state index < -0.39 is 5.41 Å². The fourth-order valence-corrected chi connectivity index (χ4v) is 2.65. The van der Waals surface area contributed by atoms with Gasteiger partial charge in [0.25, 0.3) is 0 Å². The van der Waals surface area contributed by atoms with E-state index in [9.17, 15) is 10.4 Å². The van der Waals surface area contributed by atoms with Gasteiger partial charge in [-0.3, -0.25) is 0 Å². The third kappa shape index (κ3) is 1.90. The fraction of sp³-hybridized carbons (Fsp3) is 0.500. The highest BCUT2D eigenvalue weighted by Crippen LogP contribution is 2.41. The number of phenolic OH excluding ortho intramolecular Hbond substituents is 1. The molecule has 2 nitrogen and oxygen atoms in total. The van der Waals surface area contributed by atoms with Crippen LogP contribution in [-0.4, -0.2) is 5.11 Å². The average Bonchev–Trinajstić information content (AvgIpc) is 2.56. The van der Waals surface area contributed by atoms with E-state index in [4.69, 9.17) is 0 Å². The molecule has 1 aromatic carbocycles. The second-order valence-corrected chi connectivity index (χ2v) is 4.63. The minimum atomic E-state index is -0.457. The van der Waals surface area contributed by atoms with Crippen LogP contribution in [0.15, 0.2) is 24.3 Å². The van der Waals surface area contributed by atoms with Gasteiger partial charge in [-0.2, -0.15) is 5.26 Å². The van der Waals surface area contributed by atoms with Crippen LogP contribution in [0.1, 0.15) is 44.1 Å². The van der Waals surface area contributed by atoms with Crippen LogP contribution in [0.4, 0.5) is 0 Å². The zero-order chi connectivity index (χ0) is 11.4. The Hall–Kier alpha value is -1.49. The number of benzene rings is 1. The topological polar surface area (TPSA) is 44.0 Å². The predicted octanol–water partition coefficient (Wildman–Crippen LogP) is 3.51. The van der Waals surface area contributed by atoms with Gasteiger partial charge in [-0.25, -0.2) is 0 Å². The predicted molar refractivity (Wildman–Crippen MR) is 63.1 cm³/mol. The van der Waals surface area contributed by atoms with Crippen LogP contribution in [0.2, 0.25) is 0 Å². The van der Waals surface area contributed by atoms with Crippen molar-refractivity contribution < 1.29 is 5.11 Å².